The highest BCUT2D eigenvalue weighted by atomic mass is 31.2. The monoisotopic (exact) mass is 181 g/mol. The van der Waals surface area contributed by atoms with Gasteiger partial charge in [0.1, 0.15) is 5.78 Å². The summed E-state index contributed by atoms with van der Waals surface area (Å²) in [6.07, 6.45) is 3.22. The maximum absolute atomic E-state index is 10.5. The summed E-state index contributed by atoms with van der Waals surface area (Å²) < 4.78 is 10.5. The van der Waals surface area contributed by atoms with E-state index in [0.29, 0.717) is 6.42 Å². The van der Waals surface area contributed by atoms with Gasteiger partial charge in [0, 0.05) is 0 Å². The molecule has 0 aromatic carbocycles. The molecule has 0 spiro atoms. The normalized spacial score (nSPS) is 14.9. The van der Waals surface area contributed by atoms with Gasteiger partial charge >= 0.3 is 7.60 Å². The molecule has 0 aliphatic heterocycles. The van der Waals surface area contributed by atoms with Crippen molar-refractivity contribution in [3.63, 3.8) is 0 Å². The first-order valence-corrected chi connectivity index (χ1v) is 5.47. The molecule has 4 N–H and O–H groups in total. The molecule has 0 saturated heterocycles. The van der Waals surface area contributed by atoms with Gasteiger partial charge in [0.2, 0.25) is 0 Å². The second-order valence-corrected chi connectivity index (χ2v) is 4.49. The van der Waals surface area contributed by atoms with E-state index >= 15 is 0 Å². The smallest absolute Gasteiger partial charge is 0.323 e. The first-order chi connectivity index (χ1) is 4.98. The quantitative estimate of drug-likeness (QED) is 0.437. The van der Waals surface area contributed by atoms with Gasteiger partial charge in [-0.25, -0.2) is 0 Å². The van der Waals surface area contributed by atoms with E-state index in [2.05, 4.69) is 0 Å². The van der Waals surface area contributed by atoms with Crippen LogP contribution >= 0.6 is 7.60 Å². The average Bonchev–Trinajstić information content (AvgIpc) is 1.86. The van der Waals surface area contributed by atoms with Gasteiger partial charge in [0.05, 0.1) is 0 Å². The largest absolute Gasteiger partial charge is 0.342 e. The lowest BCUT2D eigenvalue weighted by Gasteiger charge is -2.12. The minimum Gasteiger partial charge on any atom is -0.323 e. The van der Waals surface area contributed by atoms with Crippen molar-refractivity contribution < 1.29 is 14.4 Å². The Kier molecular flexibility index (Phi) is 4.93. The zero-order valence-electron chi connectivity index (χ0n) is 6.73. The molecule has 0 heterocycles. The Labute approximate surface area is 67.0 Å². The number of nitrogens with two attached hydrogens (primary N) is 1. The highest BCUT2D eigenvalue weighted by Gasteiger charge is 2.23. The zero-order valence-corrected chi connectivity index (χ0v) is 7.63. The Morgan fingerprint density at radius 3 is 2.36 bits per heavy atom. The van der Waals surface area contributed by atoms with E-state index in [1.54, 1.807) is 0 Å². The van der Waals surface area contributed by atoms with Crippen molar-refractivity contribution in [2.45, 2.75) is 38.4 Å². The molecule has 68 valence electrons. The number of unbranched alkanes of at least 4 members (excludes halogenated alkanes) is 2. The van der Waals surface area contributed by atoms with Crippen molar-refractivity contribution in [2.75, 3.05) is 0 Å². The van der Waals surface area contributed by atoms with E-state index in [4.69, 9.17) is 15.5 Å². The average molecular weight is 181 g/mol. The molecule has 1 atom stereocenters. The third-order valence-corrected chi connectivity index (χ3v) is 2.66. The fourth-order valence-electron chi connectivity index (χ4n) is 0.772. The van der Waals surface area contributed by atoms with Gasteiger partial charge in [-0.15, -0.1) is 0 Å². The van der Waals surface area contributed by atoms with Gasteiger partial charge in [-0.05, 0) is 6.42 Å². The van der Waals surface area contributed by atoms with Crippen LogP contribution in [0.15, 0.2) is 0 Å². The van der Waals surface area contributed by atoms with E-state index in [0.717, 1.165) is 19.3 Å². The molecule has 0 unspecified atom stereocenters. The maximum atomic E-state index is 10.5. The lowest BCUT2D eigenvalue weighted by Crippen LogP contribution is -2.19. The Balaban J connectivity index is 3.53. The second kappa shape index (κ2) is 4.88. The minimum absolute atomic E-state index is 0.415. The summed E-state index contributed by atoms with van der Waals surface area (Å²) in [5.41, 5.74) is 5.23. The van der Waals surface area contributed by atoms with Crippen molar-refractivity contribution >= 4 is 7.60 Å². The van der Waals surface area contributed by atoms with Crippen LogP contribution in [-0.4, -0.2) is 15.6 Å². The molecule has 5 heteroatoms. The Morgan fingerprint density at radius 1 is 1.45 bits per heavy atom. The molecule has 0 aliphatic carbocycles. The van der Waals surface area contributed by atoms with Gasteiger partial charge in [-0.1, -0.05) is 26.2 Å². The van der Waals surface area contributed by atoms with E-state index in [-0.39, 0.29) is 0 Å². The fraction of sp³-hybridized carbons (Fsp3) is 1.00. The van der Waals surface area contributed by atoms with Crippen molar-refractivity contribution in [3.8, 4) is 0 Å². The lowest BCUT2D eigenvalue weighted by molar-refractivity contribution is 0.353. The molecule has 0 amide bonds. The Hall–Kier alpha value is 0.110. The van der Waals surface area contributed by atoms with E-state index in [1.807, 2.05) is 6.92 Å². The summed E-state index contributed by atoms with van der Waals surface area (Å²) in [7, 11) is -4.02. The fourth-order valence-corrected chi connectivity index (χ4v) is 1.29. The van der Waals surface area contributed by atoms with Crippen LogP contribution in [0, 0.1) is 0 Å². The van der Waals surface area contributed by atoms with Crippen LogP contribution in [-0.2, 0) is 4.57 Å². The van der Waals surface area contributed by atoms with Crippen LogP contribution in [0.25, 0.3) is 0 Å². The first kappa shape index (κ1) is 11.1. The molecular formula is C6H16NO3P. The van der Waals surface area contributed by atoms with Crippen molar-refractivity contribution in [2.24, 2.45) is 5.73 Å². The van der Waals surface area contributed by atoms with Crippen LogP contribution < -0.4 is 5.73 Å². The molecule has 0 saturated carbocycles. The van der Waals surface area contributed by atoms with Gasteiger partial charge in [-0.2, -0.15) is 0 Å². The molecule has 11 heavy (non-hydrogen) atoms. The van der Waals surface area contributed by atoms with Crippen LogP contribution in [0.3, 0.4) is 0 Å². The number of hydrogen-bond donors (Lipinski definition) is 3. The van der Waals surface area contributed by atoms with Crippen molar-refractivity contribution in [1.82, 2.24) is 0 Å². The third kappa shape index (κ3) is 5.39. The summed E-state index contributed by atoms with van der Waals surface area (Å²) in [5, 5.41) is 0. The van der Waals surface area contributed by atoms with Crippen molar-refractivity contribution in [3.05, 3.63) is 0 Å². The molecule has 0 bridgehead atoms. The standard InChI is InChI=1S/C6H16NO3P/c1-2-3-4-5-6(7)11(8,9)10/h6H,2-5,7H2,1H3,(H2,8,9,10)/t6-/m1/s1. The molecular weight excluding hydrogens is 165 g/mol. The lowest BCUT2D eigenvalue weighted by atomic mass is 10.2. The van der Waals surface area contributed by atoms with Crippen molar-refractivity contribution in [1.29, 1.82) is 0 Å². The molecule has 0 fully saturated rings. The molecule has 0 aliphatic rings. The van der Waals surface area contributed by atoms with Gasteiger partial charge < -0.3 is 15.5 Å². The minimum atomic E-state index is -4.02. The summed E-state index contributed by atoms with van der Waals surface area (Å²) in [4.78, 5) is 17.1. The predicted molar refractivity (Wildman–Crippen MR) is 44.2 cm³/mol. The second-order valence-electron chi connectivity index (χ2n) is 2.65. The topological polar surface area (TPSA) is 83.6 Å². The summed E-state index contributed by atoms with van der Waals surface area (Å²) in [5.74, 6) is -0.964. The Bertz CT molecular complexity index is 145. The summed E-state index contributed by atoms with van der Waals surface area (Å²) >= 11 is 0. The summed E-state index contributed by atoms with van der Waals surface area (Å²) in [6.45, 7) is 2.03. The molecule has 0 aromatic rings. The van der Waals surface area contributed by atoms with Gasteiger partial charge in [-0.3, -0.25) is 4.57 Å². The van der Waals surface area contributed by atoms with Gasteiger partial charge in [0.15, 0.2) is 0 Å². The maximum Gasteiger partial charge on any atom is 0.342 e. The molecule has 0 radical (unpaired) electrons. The molecule has 0 rings (SSSR count). The zero-order chi connectivity index (χ0) is 8.91. The van der Waals surface area contributed by atoms with Crippen LogP contribution in [0.1, 0.15) is 32.6 Å². The third-order valence-electron chi connectivity index (χ3n) is 1.54. The predicted octanol–water partition coefficient (Wildman–Crippen LogP) is 1.03. The number of hydrogen-bond acceptors (Lipinski definition) is 2. The van der Waals surface area contributed by atoms with Gasteiger partial charge in [0.25, 0.3) is 0 Å². The van der Waals surface area contributed by atoms with Crippen LogP contribution in [0.2, 0.25) is 0 Å². The Morgan fingerprint density at radius 2 is 2.00 bits per heavy atom. The van der Waals surface area contributed by atoms with Crippen LogP contribution in [0.4, 0.5) is 0 Å². The van der Waals surface area contributed by atoms with E-state index < -0.39 is 13.4 Å². The molecule has 4 nitrogen and oxygen atoms in total. The highest BCUT2D eigenvalue weighted by molar-refractivity contribution is 7.52. The van der Waals surface area contributed by atoms with E-state index in [1.165, 1.54) is 0 Å². The SMILES string of the molecule is CCCCC[C@H](N)P(=O)(O)O. The highest BCUT2D eigenvalue weighted by Crippen LogP contribution is 2.40. The number of rotatable bonds is 5. The van der Waals surface area contributed by atoms with Crippen LogP contribution in [0.5, 0.6) is 0 Å². The summed E-state index contributed by atoms with van der Waals surface area (Å²) in [6, 6.07) is 0. The van der Waals surface area contributed by atoms with E-state index in [9.17, 15) is 4.57 Å². The molecule has 0 aromatic heterocycles. The first-order valence-electron chi connectivity index (χ1n) is 3.79.